The van der Waals surface area contributed by atoms with Crippen LogP contribution in [-0.2, 0) is 0 Å². The van der Waals surface area contributed by atoms with Crippen LogP contribution >= 0.6 is 0 Å². The van der Waals surface area contributed by atoms with E-state index in [2.05, 4.69) is 22.0 Å². The highest BCUT2D eigenvalue weighted by molar-refractivity contribution is 5.65. The normalized spacial score (nSPS) is 21.4. The van der Waals surface area contributed by atoms with Crippen LogP contribution in [-0.4, -0.2) is 15.1 Å². The molecule has 1 fully saturated rings. The number of pyridine rings is 1. The molecule has 0 spiro atoms. The Hall–Kier alpha value is -1.97. The lowest BCUT2D eigenvalue weighted by molar-refractivity contribution is 0.291. The van der Waals surface area contributed by atoms with Gasteiger partial charge in [-0.2, -0.15) is 4.98 Å². The third-order valence-electron chi connectivity index (χ3n) is 5.01. The van der Waals surface area contributed by atoms with Gasteiger partial charge in [0.15, 0.2) is 5.82 Å². The maximum absolute atomic E-state index is 5.38. The highest BCUT2D eigenvalue weighted by Crippen LogP contribution is 2.36. The Bertz CT molecular complexity index is 627. The van der Waals surface area contributed by atoms with Gasteiger partial charge in [0.2, 0.25) is 0 Å². The molecule has 0 aliphatic heterocycles. The topological polar surface area (TPSA) is 51.8 Å². The van der Waals surface area contributed by atoms with Crippen LogP contribution in [0.25, 0.3) is 12.2 Å². The van der Waals surface area contributed by atoms with Crippen LogP contribution in [0.1, 0.15) is 81.5 Å². The van der Waals surface area contributed by atoms with Crippen molar-refractivity contribution in [3.8, 4) is 0 Å². The molecule has 0 atom stereocenters. The molecule has 128 valence electrons. The van der Waals surface area contributed by atoms with Crippen molar-refractivity contribution in [3.05, 3.63) is 41.8 Å². The number of hydrogen-bond donors (Lipinski definition) is 0. The van der Waals surface area contributed by atoms with Crippen molar-refractivity contribution >= 4 is 12.2 Å². The molecule has 1 aliphatic carbocycles. The quantitative estimate of drug-likeness (QED) is 0.632. The minimum atomic E-state index is 0.472. The third kappa shape index (κ3) is 4.76. The average molecular weight is 325 g/mol. The van der Waals surface area contributed by atoms with Crippen molar-refractivity contribution in [1.29, 1.82) is 0 Å². The minimum Gasteiger partial charge on any atom is -0.335 e. The van der Waals surface area contributed by atoms with Crippen molar-refractivity contribution in [2.45, 2.75) is 64.2 Å². The number of nitrogens with zero attached hydrogens (tertiary/aromatic N) is 3. The van der Waals surface area contributed by atoms with E-state index in [-0.39, 0.29) is 0 Å². The first kappa shape index (κ1) is 16.9. The fourth-order valence-corrected chi connectivity index (χ4v) is 3.52. The van der Waals surface area contributed by atoms with Gasteiger partial charge in [-0.05, 0) is 55.4 Å². The van der Waals surface area contributed by atoms with Crippen molar-refractivity contribution in [2.75, 3.05) is 0 Å². The predicted molar refractivity (Wildman–Crippen MR) is 96.3 cm³/mol. The van der Waals surface area contributed by atoms with Gasteiger partial charge < -0.3 is 4.52 Å². The molecule has 4 nitrogen and oxygen atoms in total. The molecule has 0 amide bonds. The molecule has 0 saturated heterocycles. The zero-order valence-corrected chi connectivity index (χ0v) is 14.5. The second-order valence-electron chi connectivity index (χ2n) is 6.82. The molecule has 0 aromatic carbocycles. The molecule has 3 rings (SSSR count). The molecule has 2 aromatic heterocycles. The zero-order valence-electron chi connectivity index (χ0n) is 14.5. The monoisotopic (exact) mass is 325 g/mol. The third-order valence-corrected chi connectivity index (χ3v) is 5.01. The van der Waals surface area contributed by atoms with Crippen LogP contribution in [0.4, 0.5) is 0 Å². The van der Waals surface area contributed by atoms with Crippen LogP contribution in [0.15, 0.2) is 29.0 Å². The summed E-state index contributed by atoms with van der Waals surface area (Å²) >= 11 is 0. The van der Waals surface area contributed by atoms with Crippen molar-refractivity contribution in [3.63, 3.8) is 0 Å². The highest BCUT2D eigenvalue weighted by atomic mass is 16.5. The molecule has 1 saturated carbocycles. The lowest BCUT2D eigenvalue weighted by Crippen LogP contribution is -2.14. The number of aromatic nitrogens is 3. The van der Waals surface area contributed by atoms with Gasteiger partial charge in [0.25, 0.3) is 5.89 Å². The first-order valence-electron chi connectivity index (χ1n) is 9.27. The summed E-state index contributed by atoms with van der Waals surface area (Å²) in [6.45, 7) is 2.27. The van der Waals surface area contributed by atoms with Crippen LogP contribution in [0.3, 0.4) is 0 Å². The second-order valence-corrected chi connectivity index (χ2v) is 6.82. The Kier molecular flexibility index (Phi) is 6.16. The second kappa shape index (κ2) is 8.76. The largest absolute Gasteiger partial charge is 0.335 e. The molecule has 2 aromatic rings. The molecular weight excluding hydrogens is 298 g/mol. The smallest absolute Gasteiger partial charge is 0.250 e. The Morgan fingerprint density at radius 3 is 2.62 bits per heavy atom. The van der Waals surface area contributed by atoms with Gasteiger partial charge in [-0.3, -0.25) is 4.98 Å². The molecule has 1 aliphatic rings. The molecule has 4 heteroatoms. The van der Waals surface area contributed by atoms with Gasteiger partial charge in [-0.25, -0.2) is 0 Å². The fraction of sp³-hybridized carbons (Fsp3) is 0.550. The highest BCUT2D eigenvalue weighted by Gasteiger charge is 2.25. The van der Waals surface area contributed by atoms with Crippen LogP contribution < -0.4 is 0 Å². The fourth-order valence-electron chi connectivity index (χ4n) is 3.52. The zero-order chi connectivity index (χ0) is 16.6. The summed E-state index contributed by atoms with van der Waals surface area (Å²) in [4.78, 5) is 8.58. The summed E-state index contributed by atoms with van der Waals surface area (Å²) in [6.07, 6.45) is 17.9. The van der Waals surface area contributed by atoms with Gasteiger partial charge in [-0.15, -0.1) is 0 Å². The molecule has 0 unspecified atom stereocenters. The standard InChI is InChI=1S/C20H27N3O/c1-2-3-4-5-16-6-9-18(10-7-16)20-22-19(24-23-20)11-8-17-12-14-21-15-13-17/h8,11-16,18H,2-7,9-10H2,1H3/t16-,18-. The summed E-state index contributed by atoms with van der Waals surface area (Å²) in [5, 5.41) is 4.20. The molecule has 24 heavy (non-hydrogen) atoms. The van der Waals surface area contributed by atoms with E-state index in [1.165, 1.54) is 51.4 Å². The van der Waals surface area contributed by atoms with E-state index >= 15 is 0 Å². The van der Waals surface area contributed by atoms with Gasteiger partial charge in [0.05, 0.1) is 0 Å². The Balaban J connectivity index is 1.50. The molecule has 0 N–H and O–H groups in total. The SMILES string of the molecule is CCCCC[C@H]1CC[C@H](c2noc(C=Cc3ccncc3)n2)CC1. The maximum Gasteiger partial charge on any atom is 0.250 e. The Morgan fingerprint density at radius 1 is 1.08 bits per heavy atom. The van der Waals surface area contributed by atoms with E-state index in [9.17, 15) is 0 Å². The van der Waals surface area contributed by atoms with E-state index in [0.717, 1.165) is 17.3 Å². The van der Waals surface area contributed by atoms with Gasteiger partial charge in [0, 0.05) is 24.4 Å². The number of rotatable bonds is 7. The van der Waals surface area contributed by atoms with Crippen LogP contribution in [0.5, 0.6) is 0 Å². The minimum absolute atomic E-state index is 0.472. The van der Waals surface area contributed by atoms with E-state index in [4.69, 9.17) is 4.52 Å². The summed E-state index contributed by atoms with van der Waals surface area (Å²) in [5.74, 6) is 2.85. The Morgan fingerprint density at radius 2 is 1.88 bits per heavy atom. The molecule has 0 bridgehead atoms. The van der Waals surface area contributed by atoms with E-state index in [1.807, 2.05) is 24.3 Å². The average Bonchev–Trinajstić information content (AvgIpc) is 3.11. The summed E-state index contributed by atoms with van der Waals surface area (Å²) in [7, 11) is 0. The van der Waals surface area contributed by atoms with Crippen molar-refractivity contribution in [2.24, 2.45) is 5.92 Å². The summed E-state index contributed by atoms with van der Waals surface area (Å²) in [6, 6.07) is 3.90. The van der Waals surface area contributed by atoms with E-state index < -0.39 is 0 Å². The van der Waals surface area contributed by atoms with Crippen LogP contribution in [0.2, 0.25) is 0 Å². The van der Waals surface area contributed by atoms with Crippen molar-refractivity contribution in [1.82, 2.24) is 15.1 Å². The predicted octanol–water partition coefficient (Wildman–Crippen LogP) is 5.49. The van der Waals surface area contributed by atoms with E-state index in [0.29, 0.717) is 11.8 Å². The van der Waals surface area contributed by atoms with E-state index in [1.54, 1.807) is 12.4 Å². The van der Waals surface area contributed by atoms with Gasteiger partial charge in [-0.1, -0.05) is 37.8 Å². The lowest BCUT2D eigenvalue weighted by atomic mass is 9.79. The maximum atomic E-state index is 5.38. The van der Waals surface area contributed by atoms with Gasteiger partial charge >= 0.3 is 0 Å². The van der Waals surface area contributed by atoms with Gasteiger partial charge in [0.1, 0.15) is 0 Å². The molecular formula is C20H27N3O. The first-order valence-corrected chi connectivity index (χ1v) is 9.27. The molecule has 0 radical (unpaired) electrons. The van der Waals surface area contributed by atoms with Crippen molar-refractivity contribution < 1.29 is 4.52 Å². The first-order chi connectivity index (χ1) is 11.8. The summed E-state index contributed by atoms with van der Waals surface area (Å²) in [5.41, 5.74) is 1.08. The number of hydrogen-bond acceptors (Lipinski definition) is 4. The van der Waals surface area contributed by atoms with Crippen LogP contribution in [0, 0.1) is 5.92 Å². The number of unbranched alkanes of at least 4 members (excludes halogenated alkanes) is 2. The lowest BCUT2D eigenvalue weighted by Gasteiger charge is -2.26. The summed E-state index contributed by atoms with van der Waals surface area (Å²) < 4.78 is 5.38. The molecule has 2 heterocycles. The Labute approximate surface area is 144 Å².